The van der Waals surface area contributed by atoms with Gasteiger partial charge in [0.25, 0.3) is 5.91 Å². The monoisotopic (exact) mass is 382 g/mol. The van der Waals surface area contributed by atoms with E-state index in [2.05, 4.69) is 10.0 Å². The Morgan fingerprint density at radius 3 is 2.50 bits per heavy atom. The zero-order chi connectivity index (χ0) is 18.9. The fourth-order valence-corrected chi connectivity index (χ4v) is 3.63. The topological polar surface area (TPSA) is 84.5 Å². The standard InChI is InChI=1S/C17H16F2N2O4S/c1-25-16-7-5-12(26(23,24)21-11-3-4-11)9-15(16)20-17(22)13-6-2-10(18)8-14(13)19/h2,5-9,11,21H,3-4H2,1H3,(H,20,22). The summed E-state index contributed by atoms with van der Waals surface area (Å²) in [5, 5.41) is 2.40. The lowest BCUT2D eigenvalue weighted by atomic mass is 10.2. The van der Waals surface area contributed by atoms with Crippen LogP contribution in [0.25, 0.3) is 0 Å². The summed E-state index contributed by atoms with van der Waals surface area (Å²) in [7, 11) is -2.39. The highest BCUT2D eigenvalue weighted by Gasteiger charge is 2.28. The van der Waals surface area contributed by atoms with Crippen LogP contribution in [0.15, 0.2) is 41.3 Å². The maximum Gasteiger partial charge on any atom is 0.258 e. The summed E-state index contributed by atoms with van der Waals surface area (Å²) in [5.41, 5.74) is -0.322. The average molecular weight is 382 g/mol. The van der Waals surface area contributed by atoms with E-state index in [9.17, 15) is 22.0 Å². The SMILES string of the molecule is COc1ccc(S(=O)(=O)NC2CC2)cc1NC(=O)c1ccc(F)cc1F. The molecule has 1 saturated carbocycles. The Hall–Kier alpha value is -2.52. The Labute approximate surface area is 149 Å². The second kappa shape index (κ2) is 7.00. The first kappa shape index (κ1) is 18.3. The molecule has 0 spiro atoms. The molecule has 0 aromatic heterocycles. The second-order valence-electron chi connectivity index (χ2n) is 5.84. The number of sulfonamides is 1. The summed E-state index contributed by atoms with van der Waals surface area (Å²) in [4.78, 5) is 12.2. The van der Waals surface area contributed by atoms with Gasteiger partial charge in [-0.3, -0.25) is 4.79 Å². The zero-order valence-corrected chi connectivity index (χ0v) is 14.6. The number of anilines is 1. The first-order valence-electron chi connectivity index (χ1n) is 7.77. The molecule has 26 heavy (non-hydrogen) atoms. The lowest BCUT2D eigenvalue weighted by Gasteiger charge is -2.13. The highest BCUT2D eigenvalue weighted by Crippen LogP contribution is 2.29. The summed E-state index contributed by atoms with van der Waals surface area (Å²) < 4.78 is 59.0. The minimum absolute atomic E-state index is 0.0555. The third-order valence-electron chi connectivity index (χ3n) is 3.80. The van der Waals surface area contributed by atoms with Crippen molar-refractivity contribution in [3.63, 3.8) is 0 Å². The van der Waals surface area contributed by atoms with Gasteiger partial charge in [0.1, 0.15) is 17.4 Å². The molecular weight excluding hydrogens is 366 g/mol. The summed E-state index contributed by atoms with van der Waals surface area (Å²) in [6, 6.07) is 6.43. The Bertz CT molecular complexity index is 959. The number of carbonyl (C=O) groups excluding carboxylic acids is 1. The first-order valence-corrected chi connectivity index (χ1v) is 9.25. The van der Waals surface area contributed by atoms with E-state index in [-0.39, 0.29) is 27.9 Å². The number of amides is 1. The van der Waals surface area contributed by atoms with Crippen LogP contribution in [0, 0.1) is 11.6 Å². The molecule has 6 nitrogen and oxygen atoms in total. The molecule has 0 heterocycles. The molecule has 1 amide bonds. The number of carbonyl (C=O) groups is 1. The van der Waals surface area contributed by atoms with Crippen molar-refractivity contribution < 1.29 is 26.7 Å². The van der Waals surface area contributed by atoms with Crippen LogP contribution in [0.5, 0.6) is 5.75 Å². The van der Waals surface area contributed by atoms with Crippen LogP contribution in [0.1, 0.15) is 23.2 Å². The lowest BCUT2D eigenvalue weighted by molar-refractivity contribution is 0.102. The molecule has 0 bridgehead atoms. The number of ether oxygens (including phenoxy) is 1. The van der Waals surface area contributed by atoms with Crippen molar-refractivity contribution in [3.8, 4) is 5.75 Å². The zero-order valence-electron chi connectivity index (χ0n) is 13.8. The number of nitrogens with one attached hydrogen (secondary N) is 2. The fraction of sp³-hybridized carbons (Fsp3) is 0.235. The summed E-state index contributed by atoms with van der Waals surface area (Å²) in [6.07, 6.45) is 1.56. The molecule has 0 atom stereocenters. The molecule has 0 radical (unpaired) electrons. The van der Waals surface area contributed by atoms with Crippen LogP contribution in [0.3, 0.4) is 0 Å². The van der Waals surface area contributed by atoms with Gasteiger partial charge in [-0.15, -0.1) is 0 Å². The molecule has 9 heteroatoms. The van der Waals surface area contributed by atoms with Crippen LogP contribution in [-0.2, 0) is 10.0 Å². The molecule has 2 aromatic rings. The van der Waals surface area contributed by atoms with Crippen molar-refractivity contribution in [1.29, 1.82) is 0 Å². The minimum atomic E-state index is -3.74. The number of hydrogen-bond donors (Lipinski definition) is 2. The van der Waals surface area contributed by atoms with Gasteiger partial charge < -0.3 is 10.1 Å². The number of benzene rings is 2. The molecule has 2 N–H and O–H groups in total. The van der Waals surface area contributed by atoms with Gasteiger partial charge in [-0.05, 0) is 43.2 Å². The van der Waals surface area contributed by atoms with Gasteiger partial charge in [-0.1, -0.05) is 0 Å². The highest BCUT2D eigenvalue weighted by atomic mass is 32.2. The highest BCUT2D eigenvalue weighted by molar-refractivity contribution is 7.89. The predicted molar refractivity (Wildman–Crippen MR) is 90.6 cm³/mol. The van der Waals surface area contributed by atoms with Gasteiger partial charge in [0, 0.05) is 12.1 Å². The van der Waals surface area contributed by atoms with Gasteiger partial charge >= 0.3 is 0 Å². The van der Waals surface area contributed by atoms with E-state index in [4.69, 9.17) is 4.74 Å². The van der Waals surface area contributed by atoms with Crippen LogP contribution in [0.4, 0.5) is 14.5 Å². The number of methoxy groups -OCH3 is 1. The molecule has 1 aliphatic carbocycles. The molecule has 2 aromatic carbocycles. The van der Waals surface area contributed by atoms with Gasteiger partial charge in [0.15, 0.2) is 0 Å². The van der Waals surface area contributed by atoms with E-state index in [1.165, 1.54) is 25.3 Å². The van der Waals surface area contributed by atoms with Crippen LogP contribution in [0.2, 0.25) is 0 Å². The van der Waals surface area contributed by atoms with E-state index in [0.717, 1.165) is 25.0 Å². The van der Waals surface area contributed by atoms with Crippen LogP contribution in [-0.4, -0.2) is 27.5 Å². The summed E-state index contributed by atoms with van der Waals surface area (Å²) in [6.45, 7) is 0. The molecule has 0 unspecified atom stereocenters. The normalized spacial score (nSPS) is 14.1. The van der Waals surface area contributed by atoms with E-state index in [1.54, 1.807) is 0 Å². The Kier molecular flexibility index (Phi) is 4.92. The number of halogens is 2. The van der Waals surface area contributed by atoms with Crippen molar-refractivity contribution in [2.24, 2.45) is 0 Å². The van der Waals surface area contributed by atoms with Crippen molar-refractivity contribution >= 4 is 21.6 Å². The van der Waals surface area contributed by atoms with Gasteiger partial charge in [-0.25, -0.2) is 21.9 Å². The number of rotatable bonds is 6. The van der Waals surface area contributed by atoms with Crippen LogP contribution >= 0.6 is 0 Å². The van der Waals surface area contributed by atoms with Crippen LogP contribution < -0.4 is 14.8 Å². The van der Waals surface area contributed by atoms with Crippen molar-refractivity contribution in [3.05, 3.63) is 53.6 Å². The Morgan fingerprint density at radius 2 is 1.88 bits per heavy atom. The lowest BCUT2D eigenvalue weighted by Crippen LogP contribution is -2.26. The summed E-state index contributed by atoms with van der Waals surface area (Å²) >= 11 is 0. The molecular formula is C17H16F2N2O4S. The number of hydrogen-bond acceptors (Lipinski definition) is 4. The fourth-order valence-electron chi connectivity index (χ4n) is 2.30. The maximum absolute atomic E-state index is 13.8. The first-order chi connectivity index (χ1) is 12.3. The Balaban J connectivity index is 1.90. The van der Waals surface area contributed by atoms with Gasteiger partial charge in [-0.2, -0.15) is 0 Å². The van der Waals surface area contributed by atoms with Gasteiger partial charge in [0.2, 0.25) is 10.0 Å². The Morgan fingerprint density at radius 1 is 1.15 bits per heavy atom. The molecule has 1 fully saturated rings. The van der Waals surface area contributed by atoms with Crippen molar-refractivity contribution in [2.75, 3.05) is 12.4 Å². The van der Waals surface area contributed by atoms with Crippen molar-refractivity contribution in [1.82, 2.24) is 4.72 Å². The predicted octanol–water partition coefficient (Wildman–Crippen LogP) is 2.67. The smallest absolute Gasteiger partial charge is 0.258 e. The molecule has 0 saturated heterocycles. The second-order valence-corrected chi connectivity index (χ2v) is 7.55. The maximum atomic E-state index is 13.8. The van der Waals surface area contributed by atoms with Gasteiger partial charge in [0.05, 0.1) is 23.3 Å². The van der Waals surface area contributed by atoms with E-state index >= 15 is 0 Å². The molecule has 1 aliphatic rings. The van der Waals surface area contributed by atoms with Crippen molar-refractivity contribution in [2.45, 2.75) is 23.8 Å². The van der Waals surface area contributed by atoms with E-state index in [1.807, 2.05) is 0 Å². The molecule has 0 aliphatic heterocycles. The quantitative estimate of drug-likeness (QED) is 0.805. The third kappa shape index (κ3) is 4.00. The third-order valence-corrected chi connectivity index (χ3v) is 5.32. The molecule has 3 rings (SSSR count). The van der Waals surface area contributed by atoms with E-state index < -0.39 is 27.6 Å². The summed E-state index contributed by atoms with van der Waals surface area (Å²) in [5.74, 6) is -2.49. The minimum Gasteiger partial charge on any atom is -0.495 e. The average Bonchev–Trinajstić information content (AvgIpc) is 3.37. The van der Waals surface area contributed by atoms with E-state index in [0.29, 0.717) is 6.07 Å². The largest absolute Gasteiger partial charge is 0.495 e. The molecule has 138 valence electrons.